The zero-order chi connectivity index (χ0) is 29.1. The van der Waals surface area contributed by atoms with Gasteiger partial charge in [0.05, 0.1) is 30.6 Å². The summed E-state index contributed by atoms with van der Waals surface area (Å²) in [5, 5.41) is 51.6. The summed E-state index contributed by atoms with van der Waals surface area (Å²) < 4.78 is 5.98. The molecule has 4 aromatic carbocycles. The maximum Gasteiger partial charge on any atom is 0.412 e. The van der Waals surface area contributed by atoms with E-state index in [0.29, 0.717) is 22.3 Å². The zero-order valence-electron chi connectivity index (χ0n) is 21.8. The van der Waals surface area contributed by atoms with E-state index in [1.165, 1.54) is 18.2 Å². The number of amides is 2. The number of hydrogen-bond donors (Lipinski definition) is 5. The van der Waals surface area contributed by atoms with Crippen molar-refractivity contribution in [2.45, 2.75) is 31.7 Å². The Bertz CT molecular complexity index is 1560. The number of hydrogen-bond acceptors (Lipinski definition) is 6. The number of aromatic hydroxyl groups is 2. The first-order chi connectivity index (χ1) is 19.7. The molecule has 41 heavy (non-hydrogen) atoms. The van der Waals surface area contributed by atoms with Gasteiger partial charge in [0.1, 0.15) is 23.4 Å². The highest BCUT2D eigenvalue weighted by atomic mass is 16.5. The fourth-order valence-electron chi connectivity index (χ4n) is 4.95. The molecule has 10 heteroatoms. The molecular weight excluding hydrogens is 528 g/mol. The van der Waals surface area contributed by atoms with Crippen LogP contribution < -0.4 is 14.5 Å². The monoisotopic (exact) mass is 556 g/mol. The second-order valence-corrected chi connectivity index (χ2v) is 9.71. The minimum atomic E-state index is -1.30. The summed E-state index contributed by atoms with van der Waals surface area (Å²) in [4.78, 5) is 27.2. The maximum atomic E-state index is 12.6. The molecule has 0 aliphatic carbocycles. The lowest BCUT2D eigenvalue weighted by Gasteiger charge is -2.33. The molecule has 1 heterocycles. The Morgan fingerprint density at radius 1 is 0.756 bits per heavy atom. The van der Waals surface area contributed by atoms with Crippen molar-refractivity contribution in [1.82, 2.24) is 0 Å². The van der Waals surface area contributed by atoms with Crippen molar-refractivity contribution in [3.05, 3.63) is 113 Å². The van der Waals surface area contributed by atoms with Gasteiger partial charge in [-0.25, -0.2) is 9.59 Å². The van der Waals surface area contributed by atoms with Gasteiger partial charge in [0, 0.05) is 24.1 Å². The number of rotatable bonds is 7. The third kappa shape index (κ3) is 5.87. The second kappa shape index (κ2) is 11.5. The third-order valence-corrected chi connectivity index (χ3v) is 6.93. The number of benzene rings is 4. The second-order valence-electron chi connectivity index (χ2n) is 9.71. The molecular formula is C31H28N2O8. The highest BCUT2D eigenvalue weighted by Gasteiger charge is 2.34. The molecule has 0 bridgehead atoms. The summed E-state index contributed by atoms with van der Waals surface area (Å²) in [5.41, 5.74) is 2.32. The predicted molar refractivity (Wildman–Crippen MR) is 151 cm³/mol. The fraction of sp³-hybridized carbons (Fsp3) is 0.161. The normalized spacial score (nSPS) is 15.8. The summed E-state index contributed by atoms with van der Waals surface area (Å²) in [6.45, 7) is -0.0973. The fourth-order valence-corrected chi connectivity index (χ4v) is 4.95. The molecule has 1 aliphatic heterocycles. The van der Waals surface area contributed by atoms with Gasteiger partial charge in [-0.05, 0) is 28.8 Å². The van der Waals surface area contributed by atoms with Crippen molar-refractivity contribution < 1.29 is 39.9 Å². The molecule has 2 unspecified atom stereocenters. The largest absolute Gasteiger partial charge is 0.508 e. The maximum absolute atomic E-state index is 12.6. The molecule has 5 rings (SSSR count). The number of fused-ring (bicyclic) bond motifs is 1. The van der Waals surface area contributed by atoms with Crippen molar-refractivity contribution in [3.63, 3.8) is 0 Å². The van der Waals surface area contributed by atoms with Crippen LogP contribution in [0.2, 0.25) is 0 Å². The molecule has 0 spiro atoms. The topological polar surface area (TPSA) is 151 Å². The van der Waals surface area contributed by atoms with Gasteiger partial charge in [-0.15, -0.1) is 0 Å². The van der Waals surface area contributed by atoms with E-state index >= 15 is 0 Å². The number of carbonyl (C=O) groups is 2. The Kier molecular flexibility index (Phi) is 7.66. The Hall–Kier alpha value is -5.22. The van der Waals surface area contributed by atoms with Crippen LogP contribution in [0.1, 0.15) is 28.4 Å². The number of phenols is 2. The standard InChI is InChI=1S/C31H28N2O8/c34-22-14-26(35)23-16-27(36)29(41-28(23)15-22)21-11-12-24(32(30(37)38)17-19-7-3-1-4-8-19)25(13-21)33(31(39)40)18-20-9-5-2-6-10-20/h1-15,27,29,34-36H,16-18H2,(H,37,38)(H,39,40). The molecule has 2 amide bonds. The van der Waals surface area contributed by atoms with E-state index in [4.69, 9.17) is 4.74 Å². The van der Waals surface area contributed by atoms with Crippen molar-refractivity contribution in [2.24, 2.45) is 0 Å². The van der Waals surface area contributed by atoms with Gasteiger partial charge in [0.25, 0.3) is 0 Å². The number of ether oxygens (including phenoxy) is 1. The zero-order valence-corrected chi connectivity index (χ0v) is 21.8. The summed E-state index contributed by atoms with van der Waals surface area (Å²) >= 11 is 0. The Balaban J connectivity index is 1.61. The van der Waals surface area contributed by atoms with Gasteiger partial charge in [-0.1, -0.05) is 66.7 Å². The molecule has 0 aromatic heterocycles. The van der Waals surface area contributed by atoms with Crippen LogP contribution in [0, 0.1) is 0 Å². The van der Waals surface area contributed by atoms with Gasteiger partial charge < -0.3 is 30.3 Å². The summed E-state index contributed by atoms with van der Waals surface area (Å²) in [6.07, 6.45) is -4.67. The quantitative estimate of drug-likeness (QED) is 0.200. The lowest BCUT2D eigenvalue weighted by atomic mass is 9.93. The van der Waals surface area contributed by atoms with Crippen molar-refractivity contribution in [1.29, 1.82) is 0 Å². The number of aliphatic hydroxyl groups is 1. The van der Waals surface area contributed by atoms with E-state index in [9.17, 15) is 35.1 Å². The summed E-state index contributed by atoms with van der Waals surface area (Å²) in [6, 6.07) is 24.9. The van der Waals surface area contributed by atoms with Crippen LogP contribution in [0.3, 0.4) is 0 Å². The lowest BCUT2D eigenvalue weighted by Crippen LogP contribution is -2.35. The molecule has 4 aromatic rings. The van der Waals surface area contributed by atoms with Gasteiger partial charge >= 0.3 is 12.2 Å². The van der Waals surface area contributed by atoms with Crippen LogP contribution in [0.4, 0.5) is 21.0 Å². The molecule has 0 fully saturated rings. The van der Waals surface area contributed by atoms with Gasteiger partial charge in [0.15, 0.2) is 0 Å². The first-order valence-electron chi connectivity index (χ1n) is 12.8. The Morgan fingerprint density at radius 3 is 1.88 bits per heavy atom. The SMILES string of the molecule is O=C(O)N(Cc1ccccc1)c1ccc(C2Oc3cc(O)cc(O)c3CC2O)cc1N(Cc1ccccc1)C(=O)O. The van der Waals surface area contributed by atoms with Crippen molar-refractivity contribution >= 4 is 23.6 Å². The van der Waals surface area contributed by atoms with Crippen LogP contribution in [0.5, 0.6) is 17.2 Å². The van der Waals surface area contributed by atoms with Crippen LogP contribution in [-0.4, -0.2) is 43.8 Å². The molecule has 210 valence electrons. The van der Waals surface area contributed by atoms with E-state index in [1.54, 1.807) is 54.6 Å². The Morgan fingerprint density at radius 2 is 1.32 bits per heavy atom. The van der Waals surface area contributed by atoms with Crippen molar-refractivity contribution in [3.8, 4) is 17.2 Å². The Labute approximate surface area is 235 Å². The third-order valence-electron chi connectivity index (χ3n) is 6.93. The minimum Gasteiger partial charge on any atom is -0.508 e. The van der Waals surface area contributed by atoms with Gasteiger partial charge in [-0.2, -0.15) is 0 Å². The molecule has 5 N–H and O–H groups in total. The highest BCUT2D eigenvalue weighted by Crippen LogP contribution is 2.43. The van der Waals surface area contributed by atoms with Crippen LogP contribution in [0.15, 0.2) is 91.0 Å². The van der Waals surface area contributed by atoms with Crippen LogP contribution in [0.25, 0.3) is 0 Å². The first-order valence-corrected chi connectivity index (χ1v) is 12.8. The highest BCUT2D eigenvalue weighted by molar-refractivity contribution is 5.97. The molecule has 1 aliphatic rings. The average molecular weight is 557 g/mol. The van der Waals surface area contributed by atoms with E-state index in [0.717, 1.165) is 15.9 Å². The van der Waals surface area contributed by atoms with Crippen molar-refractivity contribution in [2.75, 3.05) is 9.80 Å². The molecule has 0 radical (unpaired) electrons. The number of phenolic OH excluding ortho intramolecular Hbond substituents is 2. The summed E-state index contributed by atoms with van der Waals surface area (Å²) in [5.74, 6) is -0.254. The molecule has 2 atom stereocenters. The van der Waals surface area contributed by atoms with Gasteiger partial charge in [0.2, 0.25) is 0 Å². The summed E-state index contributed by atoms with van der Waals surface area (Å²) in [7, 11) is 0. The first kappa shape index (κ1) is 27.4. The van der Waals surface area contributed by atoms with E-state index in [-0.39, 0.29) is 48.1 Å². The van der Waals surface area contributed by atoms with E-state index < -0.39 is 24.4 Å². The number of anilines is 2. The molecule has 0 saturated heterocycles. The smallest absolute Gasteiger partial charge is 0.412 e. The predicted octanol–water partition coefficient (Wildman–Crippen LogP) is 5.50. The molecule has 0 saturated carbocycles. The van der Waals surface area contributed by atoms with Gasteiger partial charge in [-0.3, -0.25) is 9.80 Å². The van der Waals surface area contributed by atoms with E-state index in [1.807, 2.05) is 12.1 Å². The van der Waals surface area contributed by atoms with E-state index in [2.05, 4.69) is 0 Å². The molecule has 10 nitrogen and oxygen atoms in total. The average Bonchev–Trinajstić information content (AvgIpc) is 2.95. The lowest BCUT2D eigenvalue weighted by molar-refractivity contribution is 0.0198. The van der Waals surface area contributed by atoms with Crippen LogP contribution in [-0.2, 0) is 19.5 Å². The number of nitrogens with zero attached hydrogens (tertiary/aromatic N) is 2. The minimum absolute atomic E-state index is 0.0190. The number of carboxylic acid groups (broad SMARTS) is 2. The number of aliphatic hydroxyl groups excluding tert-OH is 1. The van der Waals surface area contributed by atoms with Crippen LogP contribution >= 0.6 is 0 Å².